The van der Waals surface area contributed by atoms with Gasteiger partial charge in [0.05, 0.1) is 21.4 Å². The molecular weight excluding hydrogens is 279 g/mol. The summed E-state index contributed by atoms with van der Waals surface area (Å²) in [5.41, 5.74) is 3.23. The van der Waals surface area contributed by atoms with Gasteiger partial charge in [-0.25, -0.2) is 0 Å². The molecule has 0 aromatic heterocycles. The molecule has 0 aliphatic carbocycles. The van der Waals surface area contributed by atoms with E-state index in [1.54, 1.807) is 23.9 Å². The Morgan fingerprint density at radius 1 is 1.06 bits per heavy atom. The van der Waals surface area contributed by atoms with Gasteiger partial charge in [-0.15, -0.1) is 0 Å². The summed E-state index contributed by atoms with van der Waals surface area (Å²) in [7, 11) is 0. The van der Waals surface area contributed by atoms with E-state index in [-0.39, 0.29) is 5.91 Å². The van der Waals surface area contributed by atoms with Crippen LogP contribution in [0.1, 0.15) is 0 Å². The Hall–Kier alpha value is -0.840. The van der Waals surface area contributed by atoms with Crippen molar-refractivity contribution in [1.29, 1.82) is 0 Å². The van der Waals surface area contributed by atoms with Gasteiger partial charge >= 0.3 is 0 Å². The molecular formula is C11H8Cl2N2OS. The maximum atomic E-state index is 12.0. The lowest BCUT2D eigenvalue weighted by Gasteiger charge is -2.11. The van der Waals surface area contributed by atoms with Crippen molar-refractivity contribution < 1.29 is 4.79 Å². The summed E-state index contributed by atoms with van der Waals surface area (Å²) in [6, 6.07) is 3.40. The fraction of sp³-hybridized carbons (Fsp3) is 0.182. The van der Waals surface area contributed by atoms with Gasteiger partial charge in [-0.1, -0.05) is 23.2 Å². The monoisotopic (exact) mass is 286 g/mol. The average molecular weight is 287 g/mol. The minimum Gasteiger partial charge on any atom is -0.356 e. The first-order valence-electron chi connectivity index (χ1n) is 5.02. The summed E-state index contributed by atoms with van der Waals surface area (Å²) in [4.78, 5) is 12.0. The van der Waals surface area contributed by atoms with E-state index >= 15 is 0 Å². The summed E-state index contributed by atoms with van der Waals surface area (Å²) >= 11 is 13.6. The standard InChI is InChI=1S/C11H8Cl2N2OS/c12-6-1-8-9(2-7(6)13)15-11(16)5-3-17-4-10(5)14-8/h1-2,14H,3-4H2,(H,15,16). The number of thioether (sulfide) groups is 1. The maximum absolute atomic E-state index is 12.0. The molecule has 0 saturated heterocycles. The van der Waals surface area contributed by atoms with E-state index in [1.165, 1.54) is 0 Å². The number of hydrogen-bond acceptors (Lipinski definition) is 3. The molecule has 17 heavy (non-hydrogen) atoms. The van der Waals surface area contributed by atoms with Crippen LogP contribution in [0.15, 0.2) is 23.4 Å². The van der Waals surface area contributed by atoms with Crippen LogP contribution in [0.5, 0.6) is 0 Å². The zero-order valence-corrected chi connectivity index (χ0v) is 11.0. The Kier molecular flexibility index (Phi) is 2.73. The first-order valence-corrected chi connectivity index (χ1v) is 6.93. The summed E-state index contributed by atoms with van der Waals surface area (Å²) in [6.07, 6.45) is 0. The van der Waals surface area contributed by atoms with Crippen LogP contribution < -0.4 is 10.6 Å². The van der Waals surface area contributed by atoms with Gasteiger partial charge < -0.3 is 10.6 Å². The molecule has 3 rings (SSSR count). The highest BCUT2D eigenvalue weighted by Gasteiger charge is 2.26. The van der Waals surface area contributed by atoms with E-state index in [0.717, 1.165) is 28.5 Å². The number of hydrogen-bond donors (Lipinski definition) is 2. The number of carbonyl (C=O) groups excluding carboxylic acids is 1. The van der Waals surface area contributed by atoms with Gasteiger partial charge in [0.1, 0.15) is 0 Å². The molecule has 6 heteroatoms. The van der Waals surface area contributed by atoms with Gasteiger partial charge in [0.25, 0.3) is 5.91 Å². The van der Waals surface area contributed by atoms with Crippen LogP contribution in [-0.4, -0.2) is 17.4 Å². The largest absolute Gasteiger partial charge is 0.356 e. The molecule has 0 atom stereocenters. The third-order valence-corrected chi connectivity index (χ3v) is 4.43. The van der Waals surface area contributed by atoms with Gasteiger partial charge in [0.15, 0.2) is 0 Å². The highest BCUT2D eigenvalue weighted by atomic mass is 35.5. The predicted molar refractivity (Wildman–Crippen MR) is 73.1 cm³/mol. The SMILES string of the molecule is O=C1Nc2cc(Cl)c(Cl)cc2NC2=C1CSC2. The normalized spacial score (nSPS) is 18.1. The lowest BCUT2D eigenvalue weighted by molar-refractivity contribution is -0.112. The van der Waals surface area contributed by atoms with Gasteiger partial charge in [-0.3, -0.25) is 4.79 Å². The van der Waals surface area contributed by atoms with Crippen molar-refractivity contribution in [3.63, 3.8) is 0 Å². The van der Waals surface area contributed by atoms with Crippen LogP contribution in [0.2, 0.25) is 10.0 Å². The Bertz CT molecular complexity index is 557. The molecule has 0 radical (unpaired) electrons. The Labute approximate surface area is 113 Å². The van der Waals surface area contributed by atoms with E-state index < -0.39 is 0 Å². The third kappa shape index (κ3) is 1.90. The minimum atomic E-state index is -0.0605. The lowest BCUT2D eigenvalue weighted by atomic mass is 10.2. The summed E-state index contributed by atoms with van der Waals surface area (Å²) in [5, 5.41) is 7.01. The third-order valence-electron chi connectivity index (χ3n) is 2.73. The van der Waals surface area contributed by atoms with Crippen LogP contribution in [0.25, 0.3) is 0 Å². The van der Waals surface area contributed by atoms with E-state index in [4.69, 9.17) is 23.2 Å². The second-order valence-corrected chi connectivity index (χ2v) is 5.64. The van der Waals surface area contributed by atoms with E-state index in [9.17, 15) is 4.79 Å². The van der Waals surface area contributed by atoms with Gasteiger partial charge in [0, 0.05) is 22.8 Å². The molecule has 3 nitrogen and oxygen atoms in total. The Balaban J connectivity index is 2.10. The summed E-state index contributed by atoms with van der Waals surface area (Å²) in [5.74, 6) is 1.50. The molecule has 0 fully saturated rings. The molecule has 0 unspecified atom stereocenters. The van der Waals surface area contributed by atoms with Crippen molar-refractivity contribution in [2.75, 3.05) is 22.1 Å². The molecule has 0 bridgehead atoms. The fourth-order valence-electron chi connectivity index (χ4n) is 1.86. The van der Waals surface area contributed by atoms with Crippen molar-refractivity contribution >= 4 is 52.2 Å². The predicted octanol–water partition coefficient (Wildman–Crippen LogP) is 3.36. The van der Waals surface area contributed by atoms with Gasteiger partial charge in [-0.05, 0) is 12.1 Å². The molecule has 2 N–H and O–H groups in total. The second-order valence-electron chi connectivity index (χ2n) is 3.84. The molecule has 0 saturated carbocycles. The second kappa shape index (κ2) is 4.12. The van der Waals surface area contributed by atoms with Crippen LogP contribution >= 0.6 is 35.0 Å². The number of halogens is 2. The number of benzene rings is 1. The summed E-state index contributed by atoms with van der Waals surface area (Å²) < 4.78 is 0. The quantitative estimate of drug-likeness (QED) is 0.768. The van der Waals surface area contributed by atoms with Crippen molar-refractivity contribution in [2.45, 2.75) is 0 Å². The number of carbonyl (C=O) groups is 1. The number of fused-ring (bicyclic) bond motifs is 1. The molecule has 1 aromatic rings. The molecule has 0 spiro atoms. The minimum absolute atomic E-state index is 0.0605. The number of nitrogens with one attached hydrogen (secondary N) is 2. The van der Waals surface area contributed by atoms with Crippen LogP contribution in [-0.2, 0) is 4.79 Å². The van der Waals surface area contributed by atoms with Gasteiger partial charge in [-0.2, -0.15) is 11.8 Å². The van der Waals surface area contributed by atoms with E-state index in [0.29, 0.717) is 15.7 Å². The molecule has 1 aromatic carbocycles. The highest BCUT2D eigenvalue weighted by Crippen LogP contribution is 2.37. The average Bonchev–Trinajstić information content (AvgIpc) is 2.69. The molecule has 1 amide bonds. The first-order chi connectivity index (χ1) is 8.15. The van der Waals surface area contributed by atoms with Crippen molar-refractivity contribution in [1.82, 2.24) is 0 Å². The molecule has 2 aliphatic rings. The fourth-order valence-corrected chi connectivity index (χ4v) is 3.25. The number of rotatable bonds is 0. The Morgan fingerprint density at radius 3 is 2.41 bits per heavy atom. The van der Waals surface area contributed by atoms with Crippen molar-refractivity contribution in [3.8, 4) is 0 Å². The number of anilines is 2. The molecule has 2 heterocycles. The zero-order chi connectivity index (χ0) is 12.0. The maximum Gasteiger partial charge on any atom is 0.254 e. The summed E-state index contributed by atoms with van der Waals surface area (Å²) in [6.45, 7) is 0. The van der Waals surface area contributed by atoms with Crippen LogP contribution in [0.3, 0.4) is 0 Å². The van der Waals surface area contributed by atoms with Crippen molar-refractivity contribution in [2.24, 2.45) is 0 Å². The molecule has 2 aliphatic heterocycles. The van der Waals surface area contributed by atoms with E-state index in [1.807, 2.05) is 0 Å². The van der Waals surface area contributed by atoms with Gasteiger partial charge in [0.2, 0.25) is 0 Å². The smallest absolute Gasteiger partial charge is 0.254 e. The molecule has 88 valence electrons. The highest BCUT2D eigenvalue weighted by molar-refractivity contribution is 8.00. The zero-order valence-electron chi connectivity index (χ0n) is 8.64. The van der Waals surface area contributed by atoms with Crippen molar-refractivity contribution in [3.05, 3.63) is 33.4 Å². The lowest BCUT2D eigenvalue weighted by Crippen LogP contribution is -2.14. The Morgan fingerprint density at radius 2 is 1.71 bits per heavy atom. The van der Waals surface area contributed by atoms with Crippen LogP contribution in [0.4, 0.5) is 11.4 Å². The first kappa shape index (κ1) is 11.3. The number of amides is 1. The topological polar surface area (TPSA) is 41.1 Å². The van der Waals surface area contributed by atoms with E-state index in [2.05, 4.69) is 10.6 Å². The van der Waals surface area contributed by atoms with Crippen LogP contribution in [0, 0.1) is 0 Å².